The van der Waals surface area contributed by atoms with Crippen LogP contribution in [0.25, 0.3) is 0 Å². The molecule has 118 valence electrons. The minimum Gasteiger partial charge on any atom is -0.310 e. The average Bonchev–Trinajstić information content (AvgIpc) is 2.43. The van der Waals surface area contributed by atoms with Gasteiger partial charge < -0.3 is 5.41 Å². The summed E-state index contributed by atoms with van der Waals surface area (Å²) in [5.74, 6) is 0. The molecular formula is C19H37N. The van der Waals surface area contributed by atoms with Crippen LogP contribution < -0.4 is 0 Å². The first kappa shape index (κ1) is 19.4. The van der Waals surface area contributed by atoms with Gasteiger partial charge in [0.15, 0.2) is 0 Å². The Morgan fingerprint density at radius 2 is 1.15 bits per heavy atom. The topological polar surface area (TPSA) is 23.9 Å². The summed E-state index contributed by atoms with van der Waals surface area (Å²) in [5, 5.41) is 7.36. The fraction of sp³-hybridized carbons (Fsp3) is 0.842. The van der Waals surface area contributed by atoms with E-state index in [1.54, 1.807) is 0 Å². The molecule has 0 heterocycles. The Hall–Kier alpha value is -0.590. The van der Waals surface area contributed by atoms with Crippen LogP contribution in [0, 0.1) is 5.41 Å². The monoisotopic (exact) mass is 279 g/mol. The number of unbranched alkanes of at least 4 members (excludes halogenated alkanes) is 11. The first-order valence-electron chi connectivity index (χ1n) is 8.96. The Balaban J connectivity index is 3.07. The van der Waals surface area contributed by atoms with Gasteiger partial charge in [-0.2, -0.15) is 0 Å². The third kappa shape index (κ3) is 17.4. The molecule has 0 unspecified atom stereocenters. The number of allylic oxidation sites excluding steroid dienone is 2. The van der Waals surface area contributed by atoms with Gasteiger partial charge in [0.1, 0.15) is 0 Å². The van der Waals surface area contributed by atoms with Gasteiger partial charge in [-0.25, -0.2) is 0 Å². The molecule has 1 N–H and O–H groups in total. The zero-order valence-electron chi connectivity index (χ0n) is 14.1. The standard InChI is InChI=1S/C19H37N/c1-3-4-5-6-7-8-9-10-11-12-13-14-15-16-17-18-19(2)20/h10-11,20H,3-9,12-18H2,1-2H3/b11-10-,20-19?. The maximum Gasteiger partial charge on any atom is 0.00582 e. The second-order valence-corrected chi connectivity index (χ2v) is 6.11. The maximum absolute atomic E-state index is 7.36. The van der Waals surface area contributed by atoms with Crippen LogP contribution in [0.4, 0.5) is 0 Å². The van der Waals surface area contributed by atoms with E-state index in [4.69, 9.17) is 5.41 Å². The lowest BCUT2D eigenvalue weighted by atomic mass is 10.1. The van der Waals surface area contributed by atoms with Crippen LogP contribution in [0.15, 0.2) is 12.2 Å². The zero-order valence-corrected chi connectivity index (χ0v) is 14.1. The summed E-state index contributed by atoms with van der Waals surface area (Å²) in [5.41, 5.74) is 0.836. The summed E-state index contributed by atoms with van der Waals surface area (Å²) in [6.45, 7) is 4.19. The van der Waals surface area contributed by atoms with Crippen LogP contribution >= 0.6 is 0 Å². The second-order valence-electron chi connectivity index (χ2n) is 6.11. The van der Waals surface area contributed by atoms with Gasteiger partial charge in [0.05, 0.1) is 0 Å². The summed E-state index contributed by atoms with van der Waals surface area (Å²) in [6.07, 6.45) is 23.3. The summed E-state index contributed by atoms with van der Waals surface area (Å²) in [6, 6.07) is 0. The normalized spacial score (nSPS) is 11.3. The molecule has 0 aliphatic carbocycles. The van der Waals surface area contributed by atoms with Gasteiger partial charge in [-0.3, -0.25) is 0 Å². The third-order valence-electron chi connectivity index (χ3n) is 3.81. The van der Waals surface area contributed by atoms with Gasteiger partial charge in [-0.15, -0.1) is 0 Å². The Labute approximate surface area is 127 Å². The summed E-state index contributed by atoms with van der Waals surface area (Å²) < 4.78 is 0. The van der Waals surface area contributed by atoms with Gasteiger partial charge in [0.25, 0.3) is 0 Å². The highest BCUT2D eigenvalue weighted by Crippen LogP contribution is 2.09. The molecular weight excluding hydrogens is 242 g/mol. The van der Waals surface area contributed by atoms with Crippen LogP contribution in [0.1, 0.15) is 104 Å². The van der Waals surface area contributed by atoms with E-state index in [1.807, 2.05) is 6.92 Å². The largest absolute Gasteiger partial charge is 0.310 e. The van der Waals surface area contributed by atoms with Crippen molar-refractivity contribution in [3.63, 3.8) is 0 Å². The first-order chi connectivity index (χ1) is 9.77. The molecule has 0 saturated heterocycles. The highest BCUT2D eigenvalue weighted by molar-refractivity contribution is 5.78. The van der Waals surface area contributed by atoms with Gasteiger partial charge >= 0.3 is 0 Å². The number of nitrogens with one attached hydrogen (secondary N) is 1. The SMILES string of the molecule is CCCCCCCC/C=C\CCCCCCCC(C)=N. The van der Waals surface area contributed by atoms with E-state index in [1.165, 1.54) is 83.5 Å². The molecule has 0 rings (SSSR count). The van der Waals surface area contributed by atoms with E-state index in [-0.39, 0.29) is 0 Å². The minimum atomic E-state index is 0.836. The van der Waals surface area contributed by atoms with Crippen molar-refractivity contribution < 1.29 is 0 Å². The highest BCUT2D eigenvalue weighted by atomic mass is 14.4. The van der Waals surface area contributed by atoms with Crippen LogP contribution in [0.5, 0.6) is 0 Å². The van der Waals surface area contributed by atoms with Crippen LogP contribution in [-0.2, 0) is 0 Å². The van der Waals surface area contributed by atoms with Gasteiger partial charge in [0, 0.05) is 5.71 Å². The van der Waals surface area contributed by atoms with Crippen molar-refractivity contribution in [1.82, 2.24) is 0 Å². The molecule has 0 aliphatic heterocycles. The first-order valence-corrected chi connectivity index (χ1v) is 8.96. The predicted octanol–water partition coefficient (Wildman–Crippen LogP) is 7.06. The Kier molecular flexibility index (Phi) is 16.0. The molecule has 0 bridgehead atoms. The zero-order chi connectivity index (χ0) is 14.9. The summed E-state index contributed by atoms with van der Waals surface area (Å²) >= 11 is 0. The number of rotatable bonds is 15. The molecule has 0 aromatic carbocycles. The van der Waals surface area contributed by atoms with Crippen molar-refractivity contribution in [3.05, 3.63) is 12.2 Å². The third-order valence-corrected chi connectivity index (χ3v) is 3.81. The molecule has 0 amide bonds. The molecule has 0 radical (unpaired) electrons. The fourth-order valence-corrected chi connectivity index (χ4v) is 2.46. The minimum absolute atomic E-state index is 0.836. The molecule has 1 nitrogen and oxygen atoms in total. The molecule has 0 aromatic rings. The van der Waals surface area contributed by atoms with E-state index >= 15 is 0 Å². The van der Waals surface area contributed by atoms with Crippen LogP contribution in [0.3, 0.4) is 0 Å². The molecule has 1 heteroatoms. The molecule has 0 aliphatic rings. The molecule has 0 atom stereocenters. The van der Waals surface area contributed by atoms with Crippen molar-refractivity contribution in [3.8, 4) is 0 Å². The molecule has 0 aromatic heterocycles. The van der Waals surface area contributed by atoms with Crippen molar-refractivity contribution >= 4 is 5.71 Å². The fourth-order valence-electron chi connectivity index (χ4n) is 2.46. The molecule has 0 fully saturated rings. The second kappa shape index (κ2) is 16.5. The highest BCUT2D eigenvalue weighted by Gasteiger charge is 1.92. The Morgan fingerprint density at radius 1 is 0.700 bits per heavy atom. The number of hydrogen-bond donors (Lipinski definition) is 1. The van der Waals surface area contributed by atoms with E-state index in [0.29, 0.717) is 0 Å². The van der Waals surface area contributed by atoms with E-state index in [9.17, 15) is 0 Å². The lowest BCUT2D eigenvalue weighted by molar-refractivity contribution is 0.609. The van der Waals surface area contributed by atoms with Crippen molar-refractivity contribution in [2.24, 2.45) is 0 Å². The lowest BCUT2D eigenvalue weighted by Gasteiger charge is -2.00. The van der Waals surface area contributed by atoms with Crippen molar-refractivity contribution in [1.29, 1.82) is 5.41 Å². The van der Waals surface area contributed by atoms with Crippen LogP contribution in [0.2, 0.25) is 0 Å². The smallest absolute Gasteiger partial charge is 0.00582 e. The molecule has 0 spiro atoms. The van der Waals surface area contributed by atoms with Gasteiger partial charge in [0.2, 0.25) is 0 Å². The Bertz CT molecular complexity index is 230. The molecule has 0 saturated carbocycles. The quantitative estimate of drug-likeness (QED) is 0.188. The molecule has 20 heavy (non-hydrogen) atoms. The van der Waals surface area contributed by atoms with E-state index < -0.39 is 0 Å². The van der Waals surface area contributed by atoms with Crippen molar-refractivity contribution in [2.45, 2.75) is 104 Å². The van der Waals surface area contributed by atoms with Gasteiger partial charge in [-0.1, -0.05) is 70.4 Å². The van der Waals surface area contributed by atoms with E-state index in [2.05, 4.69) is 19.1 Å². The predicted molar refractivity (Wildman–Crippen MR) is 92.9 cm³/mol. The summed E-state index contributed by atoms with van der Waals surface area (Å²) in [7, 11) is 0. The lowest BCUT2D eigenvalue weighted by Crippen LogP contribution is -1.88. The summed E-state index contributed by atoms with van der Waals surface area (Å²) in [4.78, 5) is 0. The maximum atomic E-state index is 7.36. The average molecular weight is 280 g/mol. The number of hydrogen-bond acceptors (Lipinski definition) is 1. The van der Waals surface area contributed by atoms with Gasteiger partial charge in [-0.05, 0) is 45.4 Å². The van der Waals surface area contributed by atoms with E-state index in [0.717, 1.165) is 12.1 Å². The van der Waals surface area contributed by atoms with Crippen LogP contribution in [-0.4, -0.2) is 5.71 Å². The van der Waals surface area contributed by atoms with Crippen molar-refractivity contribution in [2.75, 3.05) is 0 Å². The Morgan fingerprint density at radius 3 is 1.65 bits per heavy atom.